The molecule has 1 fully saturated rings. The number of aliphatic hydroxyl groups excluding tert-OH is 5. The molecule has 7 atom stereocenters. The zero-order valence-corrected chi connectivity index (χ0v) is 43.9. The van der Waals surface area contributed by atoms with Crippen LogP contribution in [0.3, 0.4) is 0 Å². The lowest BCUT2D eigenvalue weighted by molar-refractivity contribution is -0.302. The Labute approximate surface area is 417 Å². The molecule has 0 aliphatic carbocycles. The van der Waals surface area contributed by atoms with Gasteiger partial charge in [-0.2, -0.15) is 0 Å². The molecular formula is C59H107NO8. The molecule has 1 rings (SSSR count). The molecule has 1 saturated heterocycles. The van der Waals surface area contributed by atoms with Crippen LogP contribution in [0.5, 0.6) is 0 Å². The van der Waals surface area contributed by atoms with Crippen molar-refractivity contribution in [1.82, 2.24) is 5.32 Å². The third-order valence-corrected chi connectivity index (χ3v) is 13.3. The number of aliphatic hydroxyl groups is 5. The second kappa shape index (κ2) is 48.5. The molecule has 0 aromatic rings. The number of nitrogens with one attached hydrogen (secondary N) is 1. The second-order valence-electron chi connectivity index (χ2n) is 19.7. The minimum absolute atomic E-state index is 0.191. The first-order valence-corrected chi connectivity index (χ1v) is 28.5. The summed E-state index contributed by atoms with van der Waals surface area (Å²) in [6.07, 6.45) is 58.7. The minimum atomic E-state index is -1.58. The van der Waals surface area contributed by atoms with Crippen LogP contribution >= 0.6 is 0 Å². The van der Waals surface area contributed by atoms with Crippen molar-refractivity contribution in [3.63, 3.8) is 0 Å². The maximum atomic E-state index is 13.0. The molecule has 0 aromatic carbocycles. The van der Waals surface area contributed by atoms with Gasteiger partial charge in [0.05, 0.1) is 25.4 Å². The van der Waals surface area contributed by atoms with Gasteiger partial charge < -0.3 is 40.3 Å². The number of unbranched alkanes of at least 4 members (excludes halogenated alkanes) is 30. The molecule has 0 aromatic heterocycles. The summed E-state index contributed by atoms with van der Waals surface area (Å²) in [6, 6.07) is -0.829. The Bertz CT molecular complexity index is 1250. The second-order valence-corrected chi connectivity index (χ2v) is 19.7. The van der Waals surface area contributed by atoms with Gasteiger partial charge >= 0.3 is 0 Å². The summed E-state index contributed by atoms with van der Waals surface area (Å²) >= 11 is 0. The van der Waals surface area contributed by atoms with Gasteiger partial charge in [-0.05, 0) is 77.0 Å². The zero-order chi connectivity index (χ0) is 49.4. The lowest BCUT2D eigenvalue weighted by Gasteiger charge is -2.40. The predicted molar refractivity (Wildman–Crippen MR) is 286 cm³/mol. The third kappa shape index (κ3) is 37.7. The minimum Gasteiger partial charge on any atom is -0.394 e. The van der Waals surface area contributed by atoms with Crippen LogP contribution in [0.4, 0.5) is 0 Å². The summed E-state index contributed by atoms with van der Waals surface area (Å²) < 4.78 is 11.2. The molecule has 0 bridgehead atoms. The van der Waals surface area contributed by atoms with Gasteiger partial charge in [-0.15, -0.1) is 0 Å². The van der Waals surface area contributed by atoms with Crippen molar-refractivity contribution >= 4 is 5.91 Å². The largest absolute Gasteiger partial charge is 0.394 e. The quantitative estimate of drug-likeness (QED) is 0.0261. The van der Waals surface area contributed by atoms with E-state index in [0.29, 0.717) is 6.42 Å². The first-order valence-electron chi connectivity index (χ1n) is 28.5. The number of hydrogen-bond donors (Lipinski definition) is 6. The van der Waals surface area contributed by atoms with Crippen LogP contribution in [0.15, 0.2) is 60.8 Å². The van der Waals surface area contributed by atoms with Crippen molar-refractivity contribution in [2.45, 2.75) is 294 Å². The molecule has 0 spiro atoms. The fourth-order valence-corrected chi connectivity index (χ4v) is 8.75. The van der Waals surface area contributed by atoms with E-state index < -0.39 is 49.5 Å². The fourth-order valence-electron chi connectivity index (χ4n) is 8.75. The van der Waals surface area contributed by atoms with Crippen molar-refractivity contribution in [3.8, 4) is 0 Å². The van der Waals surface area contributed by atoms with Crippen LogP contribution in [0.2, 0.25) is 0 Å². The van der Waals surface area contributed by atoms with Crippen LogP contribution in [0, 0.1) is 0 Å². The average Bonchev–Trinajstić information content (AvgIpc) is 3.34. The van der Waals surface area contributed by atoms with E-state index in [-0.39, 0.29) is 12.5 Å². The lowest BCUT2D eigenvalue weighted by Crippen LogP contribution is -2.60. The molecule has 1 heterocycles. The standard InChI is InChI=1S/C59H107NO8/c1-3-5-7-9-11-13-15-17-19-20-21-22-23-24-25-26-27-28-29-30-31-32-33-34-35-37-39-41-43-45-47-49-55(63)60-52(51-67-59-58(66)57(65)56(64)54(50-61)68-59)53(62)48-46-44-42-40-38-36-18-16-14-12-10-8-6-4-2/h14,16,21-22,24-25,38,40,46,48,52-54,56-59,61-62,64-66H,3-13,15,17-20,23,26-37,39,41-45,47,49-51H2,1-2H3,(H,60,63)/b16-14+,22-21-,25-24-,40-38+,48-46+. The Balaban J connectivity index is 2.17. The number of ether oxygens (including phenoxy) is 2. The van der Waals surface area contributed by atoms with Crippen LogP contribution in [-0.4, -0.2) is 87.5 Å². The topological polar surface area (TPSA) is 149 Å². The summed E-state index contributed by atoms with van der Waals surface area (Å²) in [7, 11) is 0. The summed E-state index contributed by atoms with van der Waals surface area (Å²) in [6.45, 7) is 3.74. The number of carbonyl (C=O) groups excluding carboxylic acids is 1. The van der Waals surface area contributed by atoms with Crippen molar-refractivity contribution in [3.05, 3.63) is 60.8 Å². The Hall–Kier alpha value is -2.11. The first-order chi connectivity index (χ1) is 33.3. The summed E-state index contributed by atoms with van der Waals surface area (Å²) in [5, 5.41) is 54.3. The average molecular weight is 959 g/mol. The van der Waals surface area contributed by atoms with E-state index >= 15 is 0 Å². The van der Waals surface area contributed by atoms with Gasteiger partial charge in [0.25, 0.3) is 0 Å². The van der Waals surface area contributed by atoms with Gasteiger partial charge in [-0.3, -0.25) is 4.79 Å². The Morgan fingerprint density at radius 1 is 0.500 bits per heavy atom. The molecule has 0 saturated carbocycles. The molecule has 9 heteroatoms. The predicted octanol–water partition coefficient (Wildman–Crippen LogP) is 13.9. The Morgan fingerprint density at radius 3 is 1.34 bits per heavy atom. The number of amides is 1. The van der Waals surface area contributed by atoms with Crippen molar-refractivity contribution < 1.29 is 39.8 Å². The number of allylic oxidation sites excluding steroid dienone is 9. The normalized spacial score (nSPS) is 20.0. The first kappa shape index (κ1) is 63.9. The fraction of sp³-hybridized carbons (Fsp3) is 0.814. The van der Waals surface area contributed by atoms with Crippen molar-refractivity contribution in [2.24, 2.45) is 0 Å². The molecule has 1 amide bonds. The van der Waals surface area contributed by atoms with E-state index in [4.69, 9.17) is 9.47 Å². The maximum Gasteiger partial charge on any atom is 0.220 e. The molecule has 6 N–H and O–H groups in total. The monoisotopic (exact) mass is 958 g/mol. The van der Waals surface area contributed by atoms with Crippen LogP contribution in [0.1, 0.15) is 251 Å². The van der Waals surface area contributed by atoms with Crippen molar-refractivity contribution in [2.75, 3.05) is 13.2 Å². The maximum absolute atomic E-state index is 13.0. The van der Waals surface area contributed by atoms with Gasteiger partial charge in [-0.1, -0.05) is 229 Å². The highest BCUT2D eigenvalue weighted by Gasteiger charge is 2.44. The number of carbonyl (C=O) groups is 1. The molecule has 396 valence electrons. The number of hydrogen-bond acceptors (Lipinski definition) is 8. The summed E-state index contributed by atoms with van der Waals surface area (Å²) in [4.78, 5) is 13.0. The van der Waals surface area contributed by atoms with Gasteiger partial charge in [0, 0.05) is 6.42 Å². The Kier molecular flexibility index (Phi) is 45.6. The molecule has 1 aliphatic heterocycles. The van der Waals surface area contributed by atoms with E-state index in [9.17, 15) is 30.3 Å². The van der Waals surface area contributed by atoms with Crippen LogP contribution in [0.25, 0.3) is 0 Å². The molecule has 0 radical (unpaired) electrons. The molecule has 7 unspecified atom stereocenters. The van der Waals surface area contributed by atoms with Crippen LogP contribution in [-0.2, 0) is 14.3 Å². The molecule has 9 nitrogen and oxygen atoms in total. The smallest absolute Gasteiger partial charge is 0.220 e. The van der Waals surface area contributed by atoms with Gasteiger partial charge in [0.1, 0.15) is 24.4 Å². The Morgan fingerprint density at radius 2 is 0.882 bits per heavy atom. The van der Waals surface area contributed by atoms with E-state index in [1.54, 1.807) is 6.08 Å². The summed E-state index contributed by atoms with van der Waals surface area (Å²) in [5.74, 6) is -0.191. The van der Waals surface area contributed by atoms with Gasteiger partial charge in [-0.25, -0.2) is 0 Å². The highest BCUT2D eigenvalue weighted by molar-refractivity contribution is 5.76. The van der Waals surface area contributed by atoms with E-state index in [0.717, 1.165) is 57.8 Å². The third-order valence-electron chi connectivity index (χ3n) is 13.3. The zero-order valence-electron chi connectivity index (χ0n) is 43.9. The highest BCUT2D eigenvalue weighted by atomic mass is 16.7. The van der Waals surface area contributed by atoms with E-state index in [1.807, 2.05) is 6.08 Å². The van der Waals surface area contributed by atoms with Crippen molar-refractivity contribution in [1.29, 1.82) is 0 Å². The summed E-state index contributed by atoms with van der Waals surface area (Å²) in [5.41, 5.74) is 0. The van der Waals surface area contributed by atoms with Gasteiger partial charge in [0.15, 0.2) is 6.29 Å². The van der Waals surface area contributed by atoms with Gasteiger partial charge in [0.2, 0.25) is 5.91 Å². The SMILES string of the molecule is CCCCCC/C=C/CC/C=C/CC/C=C/C(O)C(COC1OC(CO)C(O)C(O)C1O)NC(=O)CCCCCCCCCCCCCCCCC/C=C\C/C=C\CCCCCCCCCCC. The molecule has 1 aliphatic rings. The van der Waals surface area contributed by atoms with Crippen LogP contribution < -0.4 is 5.32 Å². The lowest BCUT2D eigenvalue weighted by atomic mass is 9.99. The number of rotatable bonds is 48. The van der Waals surface area contributed by atoms with E-state index in [1.165, 1.54) is 173 Å². The highest BCUT2D eigenvalue weighted by Crippen LogP contribution is 2.23. The molecular weight excluding hydrogens is 851 g/mol. The van der Waals surface area contributed by atoms with E-state index in [2.05, 4.69) is 67.8 Å². The molecule has 68 heavy (non-hydrogen) atoms.